The Morgan fingerprint density at radius 3 is 2.84 bits per heavy atom. The van der Waals surface area contributed by atoms with Gasteiger partial charge in [-0.05, 0) is 43.3 Å². The Bertz CT molecular complexity index is 1740. The van der Waals surface area contributed by atoms with Crippen LogP contribution in [-0.2, 0) is 4.74 Å². The van der Waals surface area contributed by atoms with Crippen LogP contribution in [0, 0.1) is 24.0 Å². The lowest BCUT2D eigenvalue weighted by molar-refractivity contribution is 0.000755. The number of aliphatic imine (C=N–C) groups is 1. The number of rotatable bonds is 4. The van der Waals surface area contributed by atoms with Gasteiger partial charge in [0.1, 0.15) is 23.5 Å². The van der Waals surface area contributed by atoms with Gasteiger partial charge < -0.3 is 15.0 Å². The summed E-state index contributed by atoms with van der Waals surface area (Å²) in [5, 5.41) is 3.94. The lowest BCUT2D eigenvalue weighted by Crippen LogP contribution is -2.46. The van der Waals surface area contributed by atoms with E-state index in [0.29, 0.717) is 30.2 Å². The second kappa shape index (κ2) is 10.9. The molecule has 5 heterocycles. The Morgan fingerprint density at radius 1 is 1.14 bits per heavy atom. The minimum atomic E-state index is -3.13. The number of nitrogens with one attached hydrogen (secondary N) is 1. The fourth-order valence-corrected chi connectivity index (χ4v) is 7.08. The highest BCUT2D eigenvalue weighted by molar-refractivity contribution is 6.06. The van der Waals surface area contributed by atoms with Crippen molar-refractivity contribution >= 4 is 22.3 Å². The number of hydrogen-bond acceptors (Lipinski definition) is 6. The maximum absolute atomic E-state index is 16.6. The third kappa shape index (κ3) is 4.90. The standard InChI is InChI=1S/C33H30F5N5O/c1-2-22-25(35)10-9-20-7-5-8-23(26(20)22)28-27(36)29-24(16-39-28)30(42-13-4-3-12-33(37,38)18-42)41-31(40-29)44-19-32-11-6-14-43(32)17-21(34)15-32/h1,3,5,7-10,12,16,21,31,40H,4,6,11,13-15,17-19H2/t21?,31?,32-/m0/s1. The molecule has 2 saturated heterocycles. The first-order chi connectivity index (χ1) is 21.2. The minimum absolute atomic E-state index is 0.0177. The van der Waals surface area contributed by atoms with Crippen molar-refractivity contribution in [3.05, 3.63) is 71.4 Å². The molecule has 44 heavy (non-hydrogen) atoms. The van der Waals surface area contributed by atoms with Gasteiger partial charge in [0.25, 0.3) is 5.92 Å². The third-order valence-electron chi connectivity index (χ3n) is 9.06. The van der Waals surface area contributed by atoms with Crippen LogP contribution in [0.5, 0.6) is 0 Å². The van der Waals surface area contributed by atoms with E-state index in [1.807, 2.05) is 0 Å². The predicted octanol–water partition coefficient (Wildman–Crippen LogP) is 6.11. The summed E-state index contributed by atoms with van der Waals surface area (Å²) in [4.78, 5) is 12.5. The van der Waals surface area contributed by atoms with Crippen LogP contribution in [-0.4, -0.2) is 77.4 Å². The summed E-state index contributed by atoms with van der Waals surface area (Å²) in [5.74, 6) is -2.04. The van der Waals surface area contributed by atoms with Gasteiger partial charge in [-0.25, -0.2) is 26.9 Å². The molecule has 1 N–H and O–H groups in total. The molecule has 1 aromatic heterocycles. The van der Waals surface area contributed by atoms with Crippen LogP contribution in [0.15, 0.2) is 53.7 Å². The second-order valence-electron chi connectivity index (χ2n) is 11.9. The number of pyridine rings is 1. The summed E-state index contributed by atoms with van der Waals surface area (Å²) < 4.78 is 81.3. The molecular formula is C33H30F5N5O. The molecule has 0 spiro atoms. The molecule has 11 heteroatoms. The average Bonchev–Trinajstić information content (AvgIpc) is 3.46. The monoisotopic (exact) mass is 607 g/mol. The maximum Gasteiger partial charge on any atom is 0.283 e. The van der Waals surface area contributed by atoms with E-state index in [-0.39, 0.29) is 47.1 Å². The van der Waals surface area contributed by atoms with Gasteiger partial charge in [-0.1, -0.05) is 36.3 Å². The van der Waals surface area contributed by atoms with Gasteiger partial charge in [-0.3, -0.25) is 9.88 Å². The fraction of sp³-hybridized carbons (Fsp3) is 0.394. The quantitative estimate of drug-likeness (QED) is 0.221. The molecule has 4 aliphatic rings. The first-order valence-electron chi connectivity index (χ1n) is 14.7. The highest BCUT2D eigenvalue weighted by atomic mass is 19.3. The van der Waals surface area contributed by atoms with Gasteiger partial charge >= 0.3 is 0 Å². The molecular weight excluding hydrogens is 577 g/mol. The van der Waals surface area contributed by atoms with Crippen LogP contribution in [0.1, 0.15) is 36.8 Å². The van der Waals surface area contributed by atoms with Crippen LogP contribution in [0.2, 0.25) is 0 Å². The van der Waals surface area contributed by atoms with Crippen molar-refractivity contribution in [3.8, 4) is 23.6 Å². The fourth-order valence-electron chi connectivity index (χ4n) is 7.08. The van der Waals surface area contributed by atoms with E-state index in [1.54, 1.807) is 24.3 Å². The summed E-state index contributed by atoms with van der Waals surface area (Å²) >= 11 is 0. The molecule has 2 fully saturated rings. The number of ether oxygens (including phenoxy) is 1. The molecule has 3 atom stereocenters. The summed E-state index contributed by atoms with van der Waals surface area (Å²) in [6.45, 7) is 0.805. The van der Waals surface area contributed by atoms with Gasteiger partial charge in [0, 0.05) is 42.2 Å². The molecule has 2 aromatic carbocycles. The predicted molar refractivity (Wildman–Crippen MR) is 158 cm³/mol. The first-order valence-corrected chi connectivity index (χ1v) is 14.7. The van der Waals surface area contributed by atoms with Crippen molar-refractivity contribution in [2.45, 2.75) is 49.7 Å². The number of terminal acetylenes is 1. The molecule has 0 aliphatic carbocycles. The molecule has 3 aromatic rings. The number of nitrogens with zero attached hydrogens (tertiary/aromatic N) is 4. The smallest absolute Gasteiger partial charge is 0.283 e. The molecule has 2 unspecified atom stereocenters. The van der Waals surface area contributed by atoms with Crippen LogP contribution < -0.4 is 5.32 Å². The number of benzene rings is 2. The Labute approximate surface area is 251 Å². The molecule has 0 amide bonds. The van der Waals surface area contributed by atoms with Crippen LogP contribution in [0.3, 0.4) is 0 Å². The van der Waals surface area contributed by atoms with Crippen molar-refractivity contribution in [2.24, 2.45) is 4.99 Å². The van der Waals surface area contributed by atoms with Crippen molar-refractivity contribution < 1.29 is 26.7 Å². The highest BCUT2D eigenvalue weighted by Gasteiger charge is 2.49. The zero-order valence-corrected chi connectivity index (χ0v) is 23.8. The van der Waals surface area contributed by atoms with Crippen molar-refractivity contribution in [1.29, 1.82) is 0 Å². The zero-order chi connectivity index (χ0) is 30.6. The van der Waals surface area contributed by atoms with Crippen LogP contribution in [0.4, 0.5) is 27.6 Å². The van der Waals surface area contributed by atoms with E-state index in [4.69, 9.17) is 11.2 Å². The lowest BCUT2D eigenvalue weighted by Gasteiger charge is -2.36. The molecule has 0 radical (unpaired) electrons. The topological polar surface area (TPSA) is 53.0 Å². The Hall–Kier alpha value is -4.01. The minimum Gasteiger partial charge on any atom is -0.349 e. The van der Waals surface area contributed by atoms with E-state index in [0.717, 1.165) is 25.5 Å². The largest absolute Gasteiger partial charge is 0.349 e. The number of amidine groups is 1. The Morgan fingerprint density at radius 2 is 2.00 bits per heavy atom. The Balaban J connectivity index is 1.31. The molecule has 228 valence electrons. The third-order valence-corrected chi connectivity index (χ3v) is 9.06. The van der Waals surface area contributed by atoms with Gasteiger partial charge in [-0.2, -0.15) is 0 Å². The Kier molecular flexibility index (Phi) is 7.09. The van der Waals surface area contributed by atoms with Gasteiger partial charge in [0.05, 0.1) is 30.0 Å². The van der Waals surface area contributed by atoms with E-state index in [9.17, 15) is 17.6 Å². The number of anilines is 1. The van der Waals surface area contributed by atoms with Crippen molar-refractivity contribution in [3.63, 3.8) is 0 Å². The number of fused-ring (bicyclic) bond motifs is 3. The SMILES string of the molecule is C#Cc1c(F)ccc2cccc(-c3ncc4c(c3F)NC(OC[C@@]35CCCN3CC(F)C5)N=C4N3CCC=CC(F)(F)C3)c12. The van der Waals surface area contributed by atoms with E-state index < -0.39 is 42.2 Å². The second-order valence-corrected chi connectivity index (χ2v) is 11.9. The van der Waals surface area contributed by atoms with Gasteiger partial charge in [0.2, 0.25) is 6.35 Å². The molecule has 7 rings (SSSR count). The zero-order valence-electron chi connectivity index (χ0n) is 23.8. The number of alkyl halides is 3. The lowest BCUT2D eigenvalue weighted by atomic mass is 9.95. The summed E-state index contributed by atoms with van der Waals surface area (Å²) in [5.41, 5.74) is -0.157. The number of aromatic nitrogens is 1. The van der Waals surface area contributed by atoms with E-state index in [2.05, 4.69) is 26.1 Å². The summed E-state index contributed by atoms with van der Waals surface area (Å²) in [6, 6.07) is 7.86. The molecule has 0 saturated carbocycles. The normalized spacial score (nSPS) is 26.1. The van der Waals surface area contributed by atoms with Crippen LogP contribution in [0.25, 0.3) is 22.0 Å². The molecule has 4 aliphatic heterocycles. The number of hydrogen-bond donors (Lipinski definition) is 1. The average molecular weight is 608 g/mol. The first kappa shape index (κ1) is 28.7. The van der Waals surface area contributed by atoms with Crippen LogP contribution >= 0.6 is 0 Å². The van der Waals surface area contributed by atoms with E-state index in [1.165, 1.54) is 23.2 Å². The van der Waals surface area contributed by atoms with E-state index >= 15 is 4.39 Å². The summed E-state index contributed by atoms with van der Waals surface area (Å²) in [6.07, 6.45) is 9.56. The summed E-state index contributed by atoms with van der Waals surface area (Å²) in [7, 11) is 0. The van der Waals surface area contributed by atoms with Crippen molar-refractivity contribution in [2.75, 3.05) is 38.1 Å². The highest BCUT2D eigenvalue weighted by Crippen LogP contribution is 2.42. The molecule has 6 nitrogen and oxygen atoms in total. The number of halogens is 5. The van der Waals surface area contributed by atoms with Gasteiger partial charge in [0.15, 0.2) is 5.82 Å². The van der Waals surface area contributed by atoms with Crippen molar-refractivity contribution in [1.82, 2.24) is 14.8 Å². The van der Waals surface area contributed by atoms with Gasteiger partial charge in [-0.15, -0.1) is 6.42 Å². The molecule has 0 bridgehead atoms. The maximum atomic E-state index is 16.6.